The van der Waals surface area contributed by atoms with Crippen molar-refractivity contribution in [3.63, 3.8) is 0 Å². The number of amides is 1. The minimum absolute atomic E-state index is 0.136. The molecule has 174 valence electrons. The summed E-state index contributed by atoms with van der Waals surface area (Å²) in [5, 5.41) is 4.60. The molecule has 6 nitrogen and oxygen atoms in total. The second kappa shape index (κ2) is 10.6. The van der Waals surface area contributed by atoms with Gasteiger partial charge in [0.2, 0.25) is 15.9 Å². The van der Waals surface area contributed by atoms with Gasteiger partial charge in [-0.2, -0.15) is 4.31 Å². The fraction of sp³-hybridized carbons (Fsp3) is 0.304. The van der Waals surface area contributed by atoms with E-state index in [0.717, 1.165) is 34.9 Å². The largest absolute Gasteiger partial charge is 0.324 e. The topological polar surface area (TPSA) is 79.4 Å². The van der Waals surface area contributed by atoms with Crippen LogP contribution in [-0.2, 0) is 14.8 Å². The molecule has 0 unspecified atom stereocenters. The number of thioether (sulfide) groups is 1. The highest BCUT2D eigenvalue weighted by molar-refractivity contribution is 8.02. The van der Waals surface area contributed by atoms with E-state index in [2.05, 4.69) is 10.3 Å². The van der Waals surface area contributed by atoms with E-state index >= 15 is 0 Å². The van der Waals surface area contributed by atoms with E-state index < -0.39 is 15.3 Å². The number of nitrogens with zero attached hydrogens (tertiary/aromatic N) is 2. The van der Waals surface area contributed by atoms with E-state index in [1.165, 1.54) is 45.6 Å². The van der Waals surface area contributed by atoms with Gasteiger partial charge in [0.15, 0.2) is 4.34 Å². The number of thiazole rings is 1. The zero-order valence-corrected chi connectivity index (χ0v) is 21.2. The van der Waals surface area contributed by atoms with E-state index in [1.807, 2.05) is 35.7 Å². The molecule has 1 aromatic heterocycles. The Labute approximate surface area is 207 Å². The summed E-state index contributed by atoms with van der Waals surface area (Å²) in [7, 11) is -3.62. The number of piperidine rings is 1. The molecule has 0 aliphatic carbocycles. The Morgan fingerprint density at radius 1 is 1.15 bits per heavy atom. The molecule has 0 spiro atoms. The van der Waals surface area contributed by atoms with E-state index in [1.54, 1.807) is 6.92 Å². The zero-order valence-electron chi connectivity index (χ0n) is 18.0. The summed E-state index contributed by atoms with van der Waals surface area (Å²) < 4.78 is 28.3. The van der Waals surface area contributed by atoms with Gasteiger partial charge in [0.05, 0.1) is 26.5 Å². The molecule has 1 amide bonds. The van der Waals surface area contributed by atoms with E-state index in [0.29, 0.717) is 18.1 Å². The summed E-state index contributed by atoms with van der Waals surface area (Å²) in [6.07, 6.45) is 2.75. The van der Waals surface area contributed by atoms with Gasteiger partial charge in [0, 0.05) is 24.0 Å². The van der Waals surface area contributed by atoms with Gasteiger partial charge in [0.1, 0.15) is 0 Å². The molecule has 1 aliphatic rings. The lowest BCUT2D eigenvalue weighted by Crippen LogP contribution is -2.35. The Kier molecular flexibility index (Phi) is 7.76. The highest BCUT2D eigenvalue weighted by Crippen LogP contribution is 2.32. The summed E-state index contributed by atoms with van der Waals surface area (Å²) in [6, 6.07) is 14.3. The van der Waals surface area contributed by atoms with E-state index in [-0.39, 0.29) is 16.5 Å². The lowest BCUT2D eigenvalue weighted by Gasteiger charge is -2.26. The predicted octanol–water partition coefficient (Wildman–Crippen LogP) is 5.76. The first kappa shape index (κ1) is 24.2. The molecule has 1 N–H and O–H groups in total. The van der Waals surface area contributed by atoms with Crippen molar-refractivity contribution in [3.05, 3.63) is 58.9 Å². The Bertz CT molecular complexity index is 1230. The number of hydrogen-bond acceptors (Lipinski definition) is 6. The number of anilines is 1. The second-order valence-electron chi connectivity index (χ2n) is 7.72. The standard InChI is InChI=1S/C23H24ClN3O3S3/c1-16(32-23-26-21(15-31-23)17-8-4-2-5-9-17)22(28)25-20-14-18(10-11-19(20)24)33(29,30)27-12-6-3-7-13-27/h2,4-5,8-11,14-16H,3,6-7,12-13H2,1H3,(H,25,28)/t16-/m1/s1. The lowest BCUT2D eigenvalue weighted by atomic mass is 10.2. The van der Waals surface area contributed by atoms with Crippen LogP contribution >= 0.6 is 34.7 Å². The smallest absolute Gasteiger partial charge is 0.243 e. The lowest BCUT2D eigenvalue weighted by molar-refractivity contribution is -0.115. The van der Waals surface area contributed by atoms with Crippen molar-refractivity contribution >= 4 is 56.3 Å². The van der Waals surface area contributed by atoms with Crippen LogP contribution in [0.5, 0.6) is 0 Å². The number of nitrogens with one attached hydrogen (secondary N) is 1. The number of hydrogen-bond donors (Lipinski definition) is 1. The number of rotatable bonds is 7. The van der Waals surface area contributed by atoms with E-state index in [9.17, 15) is 13.2 Å². The van der Waals surface area contributed by atoms with Crippen LogP contribution in [0.4, 0.5) is 5.69 Å². The fourth-order valence-corrected chi connectivity index (χ4v) is 7.19. The van der Waals surface area contributed by atoms with Gasteiger partial charge < -0.3 is 5.32 Å². The van der Waals surface area contributed by atoms with E-state index in [4.69, 9.17) is 11.6 Å². The molecule has 33 heavy (non-hydrogen) atoms. The summed E-state index contributed by atoms with van der Waals surface area (Å²) in [6.45, 7) is 2.81. The molecule has 4 rings (SSSR count). The third kappa shape index (κ3) is 5.78. The molecule has 0 radical (unpaired) electrons. The molecular formula is C23H24ClN3O3S3. The number of halogens is 1. The number of aromatic nitrogens is 1. The maximum absolute atomic E-state index is 13.0. The van der Waals surface area contributed by atoms with Gasteiger partial charge in [-0.25, -0.2) is 13.4 Å². The van der Waals surface area contributed by atoms with Crippen LogP contribution in [0.15, 0.2) is 63.1 Å². The van der Waals surface area contributed by atoms with Crippen molar-refractivity contribution in [3.8, 4) is 11.3 Å². The van der Waals surface area contributed by atoms with Gasteiger partial charge in [-0.05, 0) is 38.0 Å². The Balaban J connectivity index is 1.44. The first-order valence-electron chi connectivity index (χ1n) is 10.6. The molecule has 0 saturated carbocycles. The van der Waals surface area contributed by atoms with Gasteiger partial charge in [-0.1, -0.05) is 60.1 Å². The maximum Gasteiger partial charge on any atom is 0.243 e. The first-order chi connectivity index (χ1) is 15.8. The Hall–Kier alpha value is -1.91. The van der Waals surface area contributed by atoms with Crippen LogP contribution in [0.1, 0.15) is 26.2 Å². The molecule has 0 bridgehead atoms. The van der Waals surface area contributed by atoms with Crippen LogP contribution in [0.25, 0.3) is 11.3 Å². The highest BCUT2D eigenvalue weighted by atomic mass is 35.5. The molecule has 2 aromatic carbocycles. The van der Waals surface area contributed by atoms with Gasteiger partial charge in [-0.15, -0.1) is 11.3 Å². The quantitative estimate of drug-likeness (QED) is 0.400. The Morgan fingerprint density at radius 2 is 1.88 bits per heavy atom. The Morgan fingerprint density at radius 3 is 2.61 bits per heavy atom. The zero-order chi connectivity index (χ0) is 23.4. The van der Waals surface area contributed by atoms with Crippen LogP contribution in [0.3, 0.4) is 0 Å². The normalized spacial score (nSPS) is 15.8. The van der Waals surface area contributed by atoms with Crippen molar-refractivity contribution in [1.29, 1.82) is 0 Å². The molecule has 1 saturated heterocycles. The predicted molar refractivity (Wildman–Crippen MR) is 136 cm³/mol. The monoisotopic (exact) mass is 521 g/mol. The second-order valence-corrected chi connectivity index (χ2v) is 12.5. The number of carbonyl (C=O) groups excluding carboxylic acids is 1. The summed E-state index contributed by atoms with van der Waals surface area (Å²) in [5.41, 5.74) is 2.18. The van der Waals surface area contributed by atoms with Crippen LogP contribution in [-0.4, -0.2) is 42.0 Å². The van der Waals surface area contributed by atoms with Crippen molar-refractivity contribution in [2.24, 2.45) is 0 Å². The number of benzene rings is 2. The average Bonchev–Trinajstić information content (AvgIpc) is 3.30. The minimum atomic E-state index is -3.62. The molecule has 1 fully saturated rings. The van der Waals surface area contributed by atoms with Gasteiger partial charge in [0.25, 0.3) is 0 Å². The number of carbonyl (C=O) groups is 1. The summed E-state index contributed by atoms with van der Waals surface area (Å²) >= 11 is 9.10. The molecular weight excluding hydrogens is 498 g/mol. The SMILES string of the molecule is C[C@@H](Sc1nc(-c2ccccc2)cs1)C(=O)Nc1cc(S(=O)(=O)N2CCCCC2)ccc1Cl. The van der Waals surface area contributed by atoms with Gasteiger partial charge >= 0.3 is 0 Å². The minimum Gasteiger partial charge on any atom is -0.324 e. The third-order valence-corrected chi connectivity index (χ3v) is 9.64. The summed E-state index contributed by atoms with van der Waals surface area (Å²) in [4.78, 5) is 17.6. The van der Waals surface area contributed by atoms with Crippen LogP contribution in [0.2, 0.25) is 5.02 Å². The molecule has 10 heteroatoms. The highest BCUT2D eigenvalue weighted by Gasteiger charge is 2.27. The van der Waals surface area contributed by atoms with Crippen LogP contribution < -0.4 is 5.32 Å². The first-order valence-corrected chi connectivity index (χ1v) is 14.2. The average molecular weight is 522 g/mol. The van der Waals surface area contributed by atoms with Crippen LogP contribution in [0, 0.1) is 0 Å². The molecule has 1 atom stereocenters. The molecule has 1 aliphatic heterocycles. The van der Waals surface area contributed by atoms with Crippen molar-refractivity contribution in [1.82, 2.24) is 9.29 Å². The molecule has 2 heterocycles. The number of sulfonamides is 1. The van der Waals surface area contributed by atoms with Crippen molar-refractivity contribution < 1.29 is 13.2 Å². The summed E-state index contributed by atoms with van der Waals surface area (Å²) in [5.74, 6) is -0.272. The van der Waals surface area contributed by atoms with Crippen molar-refractivity contribution in [2.75, 3.05) is 18.4 Å². The third-order valence-electron chi connectivity index (χ3n) is 5.35. The van der Waals surface area contributed by atoms with Crippen molar-refractivity contribution in [2.45, 2.75) is 40.7 Å². The molecule has 3 aromatic rings. The van der Waals surface area contributed by atoms with Gasteiger partial charge in [-0.3, -0.25) is 4.79 Å². The fourth-order valence-electron chi connectivity index (χ4n) is 3.51. The maximum atomic E-state index is 13.0.